The van der Waals surface area contributed by atoms with Gasteiger partial charge >= 0.3 is 0 Å². The topological polar surface area (TPSA) is 58.3 Å². The SMILES string of the molecule is CNC(c1ccc2oc(C)nc2c1)C1(CO)CC1. The van der Waals surface area contributed by atoms with Crippen LogP contribution in [-0.2, 0) is 0 Å². The van der Waals surface area contributed by atoms with Gasteiger partial charge in [-0.05, 0) is 37.6 Å². The molecule has 1 aromatic heterocycles. The highest BCUT2D eigenvalue weighted by Crippen LogP contribution is 2.54. The Hall–Kier alpha value is -1.39. The molecule has 1 aliphatic carbocycles. The number of rotatable bonds is 4. The summed E-state index contributed by atoms with van der Waals surface area (Å²) in [5.41, 5.74) is 2.89. The van der Waals surface area contributed by atoms with Crippen LogP contribution >= 0.6 is 0 Å². The molecular weight excluding hydrogens is 228 g/mol. The summed E-state index contributed by atoms with van der Waals surface area (Å²) in [7, 11) is 1.94. The molecule has 1 aliphatic rings. The number of fused-ring (bicyclic) bond motifs is 1. The van der Waals surface area contributed by atoms with Crippen LogP contribution in [0, 0.1) is 12.3 Å². The normalized spacial score (nSPS) is 19.1. The first kappa shape index (κ1) is 11.7. The molecule has 96 valence electrons. The molecule has 1 unspecified atom stereocenters. The van der Waals surface area contributed by atoms with Crippen molar-refractivity contribution < 1.29 is 9.52 Å². The summed E-state index contributed by atoms with van der Waals surface area (Å²) in [4.78, 5) is 4.36. The average Bonchev–Trinajstić information content (AvgIpc) is 3.05. The molecule has 0 spiro atoms. The minimum Gasteiger partial charge on any atom is -0.441 e. The molecule has 1 aromatic carbocycles. The number of nitrogens with zero attached hydrogens (tertiary/aromatic N) is 1. The van der Waals surface area contributed by atoms with Gasteiger partial charge in [0, 0.05) is 18.4 Å². The van der Waals surface area contributed by atoms with E-state index in [0.717, 1.165) is 23.9 Å². The Morgan fingerprint density at radius 1 is 1.50 bits per heavy atom. The van der Waals surface area contributed by atoms with Gasteiger partial charge in [-0.2, -0.15) is 0 Å². The van der Waals surface area contributed by atoms with E-state index >= 15 is 0 Å². The second kappa shape index (κ2) is 4.07. The van der Waals surface area contributed by atoms with E-state index < -0.39 is 0 Å². The predicted octanol–water partition coefficient (Wildman–Crippen LogP) is 2.17. The molecule has 2 aromatic rings. The van der Waals surface area contributed by atoms with E-state index in [1.165, 1.54) is 5.56 Å². The fraction of sp³-hybridized carbons (Fsp3) is 0.500. The molecule has 2 N–H and O–H groups in total. The van der Waals surface area contributed by atoms with Gasteiger partial charge in [0.25, 0.3) is 0 Å². The quantitative estimate of drug-likeness (QED) is 0.868. The minimum atomic E-state index is 0.0151. The van der Waals surface area contributed by atoms with Crippen LogP contribution in [0.25, 0.3) is 11.1 Å². The summed E-state index contributed by atoms with van der Waals surface area (Å²) in [6.07, 6.45) is 2.15. The van der Waals surface area contributed by atoms with Crippen molar-refractivity contribution in [3.63, 3.8) is 0 Å². The molecular formula is C14H18N2O2. The standard InChI is InChI=1S/C14H18N2O2/c1-9-16-11-7-10(3-4-12(11)18-9)13(15-2)14(8-17)5-6-14/h3-4,7,13,15,17H,5-6,8H2,1-2H3. The zero-order chi connectivity index (χ0) is 12.8. The molecule has 4 nitrogen and oxygen atoms in total. The maximum Gasteiger partial charge on any atom is 0.192 e. The van der Waals surface area contributed by atoms with Crippen LogP contribution in [0.3, 0.4) is 0 Å². The summed E-state index contributed by atoms with van der Waals surface area (Å²) in [6, 6.07) is 6.26. The Labute approximate surface area is 106 Å². The first-order valence-corrected chi connectivity index (χ1v) is 6.34. The molecule has 18 heavy (non-hydrogen) atoms. The minimum absolute atomic E-state index is 0.0151. The number of benzene rings is 1. The molecule has 1 saturated carbocycles. The summed E-state index contributed by atoms with van der Waals surface area (Å²) in [5, 5.41) is 12.9. The molecule has 4 heteroatoms. The molecule has 0 bridgehead atoms. The van der Waals surface area contributed by atoms with E-state index in [1.54, 1.807) is 0 Å². The van der Waals surface area contributed by atoms with Gasteiger partial charge in [-0.3, -0.25) is 0 Å². The highest BCUT2D eigenvalue weighted by Gasteiger charge is 2.48. The van der Waals surface area contributed by atoms with Gasteiger partial charge in [0.2, 0.25) is 0 Å². The summed E-state index contributed by atoms with van der Waals surface area (Å²) in [5.74, 6) is 0.687. The Morgan fingerprint density at radius 3 is 2.89 bits per heavy atom. The molecule has 0 saturated heterocycles. The number of oxazole rings is 1. The summed E-state index contributed by atoms with van der Waals surface area (Å²) < 4.78 is 5.48. The van der Waals surface area contributed by atoms with Crippen molar-refractivity contribution in [2.75, 3.05) is 13.7 Å². The van der Waals surface area contributed by atoms with Crippen molar-refractivity contribution in [3.05, 3.63) is 29.7 Å². The maximum absolute atomic E-state index is 9.56. The Bertz CT molecular complexity index is 572. The summed E-state index contributed by atoms with van der Waals surface area (Å²) in [6.45, 7) is 2.08. The smallest absolute Gasteiger partial charge is 0.192 e. The fourth-order valence-electron chi connectivity index (χ4n) is 2.76. The van der Waals surface area contributed by atoms with Gasteiger partial charge in [-0.15, -0.1) is 0 Å². The zero-order valence-corrected chi connectivity index (χ0v) is 10.7. The van der Waals surface area contributed by atoms with Gasteiger partial charge in [-0.1, -0.05) is 6.07 Å². The van der Waals surface area contributed by atoms with Crippen molar-refractivity contribution in [1.82, 2.24) is 10.3 Å². The third-order valence-corrected chi connectivity index (χ3v) is 3.96. The first-order chi connectivity index (χ1) is 8.68. The van der Waals surface area contributed by atoms with Crippen molar-refractivity contribution in [1.29, 1.82) is 0 Å². The number of nitrogens with one attached hydrogen (secondary N) is 1. The number of hydrogen-bond donors (Lipinski definition) is 2. The highest BCUT2D eigenvalue weighted by molar-refractivity contribution is 5.73. The Morgan fingerprint density at radius 2 is 2.28 bits per heavy atom. The number of hydrogen-bond acceptors (Lipinski definition) is 4. The van der Waals surface area contributed by atoms with Crippen molar-refractivity contribution in [2.45, 2.75) is 25.8 Å². The molecule has 3 rings (SSSR count). The van der Waals surface area contributed by atoms with E-state index in [9.17, 15) is 5.11 Å². The number of aliphatic hydroxyl groups excluding tert-OH is 1. The van der Waals surface area contributed by atoms with Crippen molar-refractivity contribution in [2.24, 2.45) is 5.41 Å². The van der Waals surface area contributed by atoms with Crippen LogP contribution in [-0.4, -0.2) is 23.7 Å². The third-order valence-electron chi connectivity index (χ3n) is 3.96. The average molecular weight is 246 g/mol. The first-order valence-electron chi connectivity index (χ1n) is 6.34. The zero-order valence-electron chi connectivity index (χ0n) is 10.7. The predicted molar refractivity (Wildman–Crippen MR) is 69.3 cm³/mol. The van der Waals surface area contributed by atoms with Gasteiger partial charge < -0.3 is 14.8 Å². The Balaban J connectivity index is 2.01. The monoisotopic (exact) mass is 246 g/mol. The molecule has 1 atom stereocenters. The van der Waals surface area contributed by atoms with Crippen LogP contribution in [0.4, 0.5) is 0 Å². The summed E-state index contributed by atoms with van der Waals surface area (Å²) >= 11 is 0. The molecule has 0 aliphatic heterocycles. The largest absolute Gasteiger partial charge is 0.441 e. The molecule has 0 radical (unpaired) electrons. The van der Waals surface area contributed by atoms with Crippen LogP contribution in [0.15, 0.2) is 22.6 Å². The molecule has 1 fully saturated rings. The van der Waals surface area contributed by atoms with Crippen molar-refractivity contribution >= 4 is 11.1 Å². The number of aryl methyl sites for hydroxylation is 1. The number of aromatic nitrogens is 1. The lowest BCUT2D eigenvalue weighted by Gasteiger charge is -2.25. The van der Waals surface area contributed by atoms with Crippen molar-refractivity contribution in [3.8, 4) is 0 Å². The number of aliphatic hydroxyl groups is 1. The lowest BCUT2D eigenvalue weighted by atomic mass is 9.90. The van der Waals surface area contributed by atoms with Gasteiger partial charge in [0.05, 0.1) is 6.61 Å². The van der Waals surface area contributed by atoms with Gasteiger partial charge in [0.1, 0.15) is 5.52 Å². The van der Waals surface area contributed by atoms with Crippen LogP contribution < -0.4 is 5.32 Å². The van der Waals surface area contributed by atoms with Gasteiger partial charge in [-0.25, -0.2) is 4.98 Å². The Kier molecular flexibility index (Phi) is 2.64. The van der Waals surface area contributed by atoms with Crippen LogP contribution in [0.1, 0.15) is 30.3 Å². The second-order valence-electron chi connectivity index (χ2n) is 5.20. The van der Waals surface area contributed by atoms with E-state index in [4.69, 9.17) is 4.42 Å². The van der Waals surface area contributed by atoms with E-state index in [1.807, 2.05) is 20.0 Å². The van der Waals surface area contributed by atoms with E-state index in [-0.39, 0.29) is 18.1 Å². The van der Waals surface area contributed by atoms with E-state index in [2.05, 4.69) is 22.4 Å². The molecule has 1 heterocycles. The highest BCUT2D eigenvalue weighted by atomic mass is 16.3. The maximum atomic E-state index is 9.56. The van der Waals surface area contributed by atoms with E-state index in [0.29, 0.717) is 5.89 Å². The second-order valence-corrected chi connectivity index (χ2v) is 5.20. The fourth-order valence-corrected chi connectivity index (χ4v) is 2.76. The van der Waals surface area contributed by atoms with Crippen LogP contribution in [0.5, 0.6) is 0 Å². The third kappa shape index (κ3) is 1.72. The molecule has 0 amide bonds. The van der Waals surface area contributed by atoms with Crippen LogP contribution in [0.2, 0.25) is 0 Å². The van der Waals surface area contributed by atoms with Gasteiger partial charge in [0.15, 0.2) is 11.5 Å². The lowest BCUT2D eigenvalue weighted by Crippen LogP contribution is -2.29. The lowest BCUT2D eigenvalue weighted by molar-refractivity contribution is 0.175.